The minimum absolute atomic E-state index is 0.0832. The van der Waals surface area contributed by atoms with Gasteiger partial charge in [0.15, 0.2) is 6.10 Å². The molecule has 184 valence electrons. The molecule has 0 spiro atoms. The van der Waals surface area contributed by atoms with Crippen LogP contribution in [-0.4, -0.2) is 27.8 Å². The van der Waals surface area contributed by atoms with E-state index in [2.05, 4.69) is 12.0 Å². The standard InChI is InChI=1S/C30H30N2O4/c1-4-8-22-11-13-25(14-12-22)36-30-21(3)35-29-20(2)27(16-15-26(29)28(30)33)34-19-23-17-31-32(18-23)24-9-6-5-7-10-24/h5-7,9-18,21,30H,4,8,19H2,1-3H3/t21-,30-/m0/s1. The number of aromatic nitrogens is 2. The fraction of sp³-hybridized carbons (Fsp3) is 0.267. The van der Waals surface area contributed by atoms with Crippen molar-refractivity contribution in [2.45, 2.75) is 52.4 Å². The number of hydrogen-bond donors (Lipinski definition) is 0. The van der Waals surface area contributed by atoms with Gasteiger partial charge in [-0.05, 0) is 62.2 Å². The normalized spacial score (nSPS) is 16.8. The highest BCUT2D eigenvalue weighted by molar-refractivity contribution is 6.04. The van der Waals surface area contributed by atoms with Gasteiger partial charge in [-0.1, -0.05) is 43.7 Å². The maximum atomic E-state index is 13.3. The SMILES string of the molecule is CCCc1ccc(O[C@@H]2C(=O)c3ccc(OCc4cnn(-c5ccccc5)c4)c(C)c3O[C@H]2C)cc1. The molecule has 0 radical (unpaired) electrons. The van der Waals surface area contributed by atoms with Gasteiger partial charge in [-0.3, -0.25) is 4.79 Å². The van der Waals surface area contributed by atoms with Gasteiger partial charge in [0.25, 0.3) is 0 Å². The highest BCUT2D eigenvalue weighted by atomic mass is 16.6. The van der Waals surface area contributed by atoms with Gasteiger partial charge in [-0.2, -0.15) is 5.10 Å². The van der Waals surface area contributed by atoms with Crippen LogP contribution < -0.4 is 14.2 Å². The van der Waals surface area contributed by atoms with Gasteiger partial charge in [0.05, 0.1) is 17.4 Å². The molecule has 0 saturated heterocycles. The molecule has 1 aromatic heterocycles. The molecule has 36 heavy (non-hydrogen) atoms. The molecule has 1 aliphatic heterocycles. The second-order valence-electron chi connectivity index (χ2n) is 9.10. The number of aryl methyl sites for hydroxylation is 1. The van der Waals surface area contributed by atoms with Gasteiger partial charge in [0.2, 0.25) is 5.78 Å². The van der Waals surface area contributed by atoms with Crippen LogP contribution in [0.4, 0.5) is 0 Å². The average Bonchev–Trinajstić information content (AvgIpc) is 3.37. The molecule has 0 saturated carbocycles. The Morgan fingerprint density at radius 1 is 1.00 bits per heavy atom. The lowest BCUT2D eigenvalue weighted by Gasteiger charge is -2.31. The second-order valence-corrected chi connectivity index (χ2v) is 9.10. The molecule has 0 aliphatic carbocycles. The summed E-state index contributed by atoms with van der Waals surface area (Å²) in [5, 5.41) is 4.42. The second kappa shape index (κ2) is 10.3. The van der Waals surface area contributed by atoms with Crippen molar-refractivity contribution >= 4 is 5.78 Å². The summed E-state index contributed by atoms with van der Waals surface area (Å²) in [5.74, 6) is 1.82. The molecule has 6 nitrogen and oxygen atoms in total. The Morgan fingerprint density at radius 3 is 2.53 bits per heavy atom. The molecule has 0 fully saturated rings. The molecule has 5 rings (SSSR count). The third-order valence-corrected chi connectivity index (χ3v) is 6.39. The van der Waals surface area contributed by atoms with Crippen LogP contribution in [-0.2, 0) is 13.0 Å². The monoisotopic (exact) mass is 482 g/mol. The number of para-hydroxylation sites is 1. The van der Waals surface area contributed by atoms with Crippen molar-refractivity contribution in [3.8, 4) is 22.9 Å². The number of fused-ring (bicyclic) bond motifs is 1. The summed E-state index contributed by atoms with van der Waals surface area (Å²) in [4.78, 5) is 13.3. The molecule has 6 heteroatoms. The van der Waals surface area contributed by atoms with Gasteiger partial charge < -0.3 is 14.2 Å². The van der Waals surface area contributed by atoms with Crippen molar-refractivity contribution in [3.63, 3.8) is 0 Å². The van der Waals surface area contributed by atoms with E-state index in [1.165, 1.54) is 5.56 Å². The summed E-state index contributed by atoms with van der Waals surface area (Å²) in [6.07, 6.45) is 4.71. The van der Waals surface area contributed by atoms with Crippen LogP contribution in [0.15, 0.2) is 79.1 Å². The third-order valence-electron chi connectivity index (χ3n) is 6.39. The quantitative estimate of drug-likeness (QED) is 0.303. The van der Waals surface area contributed by atoms with Gasteiger partial charge in [0, 0.05) is 17.3 Å². The number of benzene rings is 3. The minimum atomic E-state index is -0.704. The first-order valence-electron chi connectivity index (χ1n) is 12.4. The van der Waals surface area contributed by atoms with E-state index in [9.17, 15) is 4.79 Å². The Kier molecular flexibility index (Phi) is 6.76. The van der Waals surface area contributed by atoms with Gasteiger partial charge in [-0.25, -0.2) is 4.68 Å². The summed E-state index contributed by atoms with van der Waals surface area (Å²) in [7, 11) is 0. The van der Waals surface area contributed by atoms with Crippen molar-refractivity contribution in [3.05, 3.63) is 101 Å². The van der Waals surface area contributed by atoms with E-state index in [1.54, 1.807) is 12.3 Å². The number of nitrogens with zero attached hydrogens (tertiary/aromatic N) is 2. The first kappa shape index (κ1) is 23.7. The smallest absolute Gasteiger partial charge is 0.210 e. The number of carbonyl (C=O) groups is 1. The van der Waals surface area contributed by atoms with E-state index in [-0.39, 0.29) is 5.78 Å². The molecule has 1 aliphatic rings. The highest BCUT2D eigenvalue weighted by Crippen LogP contribution is 2.37. The first-order chi connectivity index (χ1) is 17.5. The zero-order valence-corrected chi connectivity index (χ0v) is 20.8. The summed E-state index contributed by atoms with van der Waals surface area (Å²) in [6.45, 7) is 6.28. The lowest BCUT2D eigenvalue weighted by Crippen LogP contribution is -2.44. The van der Waals surface area contributed by atoms with Crippen molar-refractivity contribution in [2.75, 3.05) is 0 Å². The van der Waals surface area contributed by atoms with Gasteiger partial charge in [-0.15, -0.1) is 0 Å². The van der Waals surface area contributed by atoms with Gasteiger partial charge >= 0.3 is 0 Å². The predicted molar refractivity (Wildman–Crippen MR) is 138 cm³/mol. The zero-order chi connectivity index (χ0) is 25.1. The van der Waals surface area contributed by atoms with Crippen LogP contribution in [0.2, 0.25) is 0 Å². The molecule has 0 amide bonds. The molecular formula is C30H30N2O4. The molecule has 2 heterocycles. The number of ketones is 1. The molecule has 0 unspecified atom stereocenters. The Bertz CT molecular complexity index is 1350. The lowest BCUT2D eigenvalue weighted by atomic mass is 9.95. The largest absolute Gasteiger partial charge is 0.488 e. The molecular weight excluding hydrogens is 452 g/mol. The van der Waals surface area contributed by atoms with Crippen LogP contribution >= 0.6 is 0 Å². The fourth-order valence-corrected chi connectivity index (χ4v) is 4.43. The van der Waals surface area contributed by atoms with E-state index in [4.69, 9.17) is 14.2 Å². The zero-order valence-electron chi connectivity index (χ0n) is 20.8. The van der Waals surface area contributed by atoms with Crippen LogP contribution in [0.3, 0.4) is 0 Å². The number of Topliss-reactive ketones (excluding diaryl/α,β-unsaturated/α-hetero) is 1. The summed E-state index contributed by atoms with van der Waals surface area (Å²) < 4.78 is 20.2. The van der Waals surface area contributed by atoms with E-state index >= 15 is 0 Å². The number of rotatable bonds is 8. The molecule has 3 aromatic carbocycles. The summed E-state index contributed by atoms with van der Waals surface area (Å²) in [6, 6.07) is 21.4. The van der Waals surface area contributed by atoms with Crippen LogP contribution in [0.1, 0.15) is 47.3 Å². The van der Waals surface area contributed by atoms with E-state index in [0.29, 0.717) is 29.4 Å². The van der Waals surface area contributed by atoms with Gasteiger partial charge in [0.1, 0.15) is 30.0 Å². The van der Waals surface area contributed by atoms with E-state index in [0.717, 1.165) is 29.7 Å². The van der Waals surface area contributed by atoms with Crippen molar-refractivity contribution in [1.82, 2.24) is 9.78 Å². The molecule has 0 N–H and O–H groups in total. The number of ether oxygens (including phenoxy) is 3. The summed E-state index contributed by atoms with van der Waals surface area (Å²) >= 11 is 0. The Balaban J connectivity index is 1.28. The number of carbonyl (C=O) groups excluding carboxylic acids is 1. The lowest BCUT2D eigenvalue weighted by molar-refractivity contribution is 0.0385. The maximum absolute atomic E-state index is 13.3. The topological polar surface area (TPSA) is 62.6 Å². The Labute approximate surface area is 211 Å². The molecule has 2 atom stereocenters. The summed E-state index contributed by atoms with van der Waals surface area (Å²) in [5.41, 5.74) is 4.50. The maximum Gasteiger partial charge on any atom is 0.210 e. The average molecular weight is 483 g/mol. The third kappa shape index (κ3) is 4.85. The number of hydrogen-bond acceptors (Lipinski definition) is 5. The Morgan fingerprint density at radius 2 is 1.78 bits per heavy atom. The van der Waals surface area contributed by atoms with Crippen molar-refractivity contribution in [2.24, 2.45) is 0 Å². The molecule has 0 bridgehead atoms. The first-order valence-corrected chi connectivity index (χ1v) is 12.4. The molecule has 4 aromatic rings. The fourth-order valence-electron chi connectivity index (χ4n) is 4.43. The van der Waals surface area contributed by atoms with Crippen LogP contribution in [0, 0.1) is 6.92 Å². The van der Waals surface area contributed by atoms with Crippen molar-refractivity contribution < 1.29 is 19.0 Å². The van der Waals surface area contributed by atoms with Crippen LogP contribution in [0.25, 0.3) is 5.69 Å². The van der Waals surface area contributed by atoms with Crippen molar-refractivity contribution in [1.29, 1.82) is 0 Å². The van der Waals surface area contributed by atoms with E-state index in [1.807, 2.05) is 85.4 Å². The predicted octanol–water partition coefficient (Wildman–Crippen LogP) is 6.12. The van der Waals surface area contributed by atoms with Crippen LogP contribution in [0.5, 0.6) is 17.2 Å². The van der Waals surface area contributed by atoms with E-state index < -0.39 is 12.2 Å². The Hall–Kier alpha value is -4.06. The highest BCUT2D eigenvalue weighted by Gasteiger charge is 2.38. The minimum Gasteiger partial charge on any atom is -0.488 e.